The zero-order chi connectivity index (χ0) is 9.68. The van der Waals surface area contributed by atoms with Crippen molar-refractivity contribution in [3.05, 3.63) is 0 Å². The molecule has 0 aromatic carbocycles. The van der Waals surface area contributed by atoms with Crippen molar-refractivity contribution < 1.29 is 4.79 Å². The first-order chi connectivity index (χ1) is 6.24. The smallest absolute Gasteiger partial charge is 0.237 e. The van der Waals surface area contributed by atoms with Gasteiger partial charge in [0.2, 0.25) is 5.91 Å². The molecule has 0 aromatic heterocycles. The first kappa shape index (κ1) is 10.9. The van der Waals surface area contributed by atoms with Gasteiger partial charge in [-0.3, -0.25) is 4.79 Å². The van der Waals surface area contributed by atoms with Crippen LogP contribution in [0.2, 0.25) is 0 Å². The van der Waals surface area contributed by atoms with Gasteiger partial charge in [0.05, 0.1) is 6.04 Å². The molecule has 0 spiro atoms. The standard InChI is InChI=1S/C9H18N2OS/c1-7(10-5-6-13-2)9(12)11-8-3-4-8/h7-8,10H,3-6H2,1-2H3,(H,11,12). The molecule has 1 fully saturated rings. The lowest BCUT2D eigenvalue weighted by atomic mass is 10.3. The fraction of sp³-hybridized carbons (Fsp3) is 0.889. The fourth-order valence-electron chi connectivity index (χ4n) is 1.02. The minimum Gasteiger partial charge on any atom is -0.352 e. The normalized spacial score (nSPS) is 18.3. The maximum absolute atomic E-state index is 11.4. The molecule has 3 nitrogen and oxygen atoms in total. The molecule has 1 amide bonds. The Morgan fingerprint density at radius 2 is 2.31 bits per heavy atom. The lowest BCUT2D eigenvalue weighted by Crippen LogP contribution is -2.43. The van der Waals surface area contributed by atoms with Crippen LogP contribution < -0.4 is 10.6 Å². The van der Waals surface area contributed by atoms with E-state index in [1.807, 2.05) is 6.92 Å². The van der Waals surface area contributed by atoms with Crippen molar-refractivity contribution in [1.29, 1.82) is 0 Å². The predicted octanol–water partition coefficient (Wildman–Crippen LogP) is 0.606. The lowest BCUT2D eigenvalue weighted by molar-refractivity contribution is -0.122. The van der Waals surface area contributed by atoms with Crippen LogP contribution in [0.3, 0.4) is 0 Å². The number of hydrogen-bond acceptors (Lipinski definition) is 3. The van der Waals surface area contributed by atoms with E-state index in [1.54, 1.807) is 11.8 Å². The highest BCUT2D eigenvalue weighted by molar-refractivity contribution is 7.98. The number of rotatable bonds is 6. The second kappa shape index (κ2) is 5.50. The minimum atomic E-state index is -0.0484. The summed E-state index contributed by atoms with van der Waals surface area (Å²) in [5.41, 5.74) is 0. The first-order valence-corrected chi connectivity index (χ1v) is 6.16. The monoisotopic (exact) mass is 202 g/mol. The summed E-state index contributed by atoms with van der Waals surface area (Å²) in [5, 5.41) is 6.16. The molecule has 0 heterocycles. The maximum Gasteiger partial charge on any atom is 0.237 e. The van der Waals surface area contributed by atoms with Gasteiger partial charge in [0.25, 0.3) is 0 Å². The molecule has 0 radical (unpaired) electrons. The summed E-state index contributed by atoms with van der Waals surface area (Å²) in [4.78, 5) is 11.4. The molecular weight excluding hydrogens is 184 g/mol. The van der Waals surface area contributed by atoms with E-state index >= 15 is 0 Å². The number of nitrogens with one attached hydrogen (secondary N) is 2. The molecule has 13 heavy (non-hydrogen) atoms. The van der Waals surface area contributed by atoms with Gasteiger partial charge in [0, 0.05) is 18.3 Å². The fourth-order valence-corrected chi connectivity index (χ4v) is 1.35. The Hall–Kier alpha value is -0.220. The molecule has 1 aliphatic carbocycles. The van der Waals surface area contributed by atoms with Crippen LogP contribution in [0, 0.1) is 0 Å². The van der Waals surface area contributed by atoms with Crippen LogP contribution in [-0.2, 0) is 4.79 Å². The van der Waals surface area contributed by atoms with E-state index in [0.717, 1.165) is 25.1 Å². The minimum absolute atomic E-state index is 0.0484. The van der Waals surface area contributed by atoms with E-state index in [2.05, 4.69) is 16.9 Å². The number of thioether (sulfide) groups is 1. The molecule has 1 rings (SSSR count). The third-order valence-corrected chi connectivity index (χ3v) is 2.69. The van der Waals surface area contributed by atoms with Gasteiger partial charge in [-0.25, -0.2) is 0 Å². The quantitative estimate of drug-likeness (QED) is 0.620. The molecule has 1 aliphatic rings. The van der Waals surface area contributed by atoms with E-state index in [0.29, 0.717) is 6.04 Å². The zero-order valence-corrected chi connectivity index (χ0v) is 9.12. The van der Waals surface area contributed by atoms with Crippen molar-refractivity contribution in [2.75, 3.05) is 18.6 Å². The molecule has 1 saturated carbocycles. The largest absolute Gasteiger partial charge is 0.352 e. The highest BCUT2D eigenvalue weighted by Gasteiger charge is 2.25. The summed E-state index contributed by atoms with van der Waals surface area (Å²) in [6.07, 6.45) is 4.38. The van der Waals surface area contributed by atoms with Crippen LogP contribution in [0.4, 0.5) is 0 Å². The van der Waals surface area contributed by atoms with Crippen LogP contribution in [0.25, 0.3) is 0 Å². The average Bonchev–Trinajstić information content (AvgIpc) is 2.88. The van der Waals surface area contributed by atoms with E-state index in [9.17, 15) is 4.79 Å². The summed E-state index contributed by atoms with van der Waals surface area (Å²) in [5.74, 6) is 1.20. The number of hydrogen-bond donors (Lipinski definition) is 2. The topological polar surface area (TPSA) is 41.1 Å². The molecule has 1 atom stereocenters. The van der Waals surface area contributed by atoms with Gasteiger partial charge in [0.15, 0.2) is 0 Å². The summed E-state index contributed by atoms with van der Waals surface area (Å²) >= 11 is 1.79. The Balaban J connectivity index is 2.05. The zero-order valence-electron chi connectivity index (χ0n) is 8.30. The van der Waals surface area contributed by atoms with Gasteiger partial charge in [-0.15, -0.1) is 0 Å². The summed E-state index contributed by atoms with van der Waals surface area (Å²) < 4.78 is 0. The molecule has 0 saturated heterocycles. The van der Waals surface area contributed by atoms with Crippen LogP contribution in [-0.4, -0.2) is 36.5 Å². The Bertz CT molecular complexity index is 171. The molecule has 4 heteroatoms. The van der Waals surface area contributed by atoms with Crippen molar-refractivity contribution in [3.63, 3.8) is 0 Å². The van der Waals surface area contributed by atoms with Gasteiger partial charge < -0.3 is 10.6 Å². The molecule has 0 bridgehead atoms. The Morgan fingerprint density at radius 3 is 2.85 bits per heavy atom. The maximum atomic E-state index is 11.4. The first-order valence-electron chi connectivity index (χ1n) is 4.76. The molecule has 1 unspecified atom stereocenters. The van der Waals surface area contributed by atoms with Gasteiger partial charge in [-0.05, 0) is 26.0 Å². The highest BCUT2D eigenvalue weighted by Crippen LogP contribution is 2.18. The summed E-state index contributed by atoms with van der Waals surface area (Å²) in [7, 11) is 0. The van der Waals surface area contributed by atoms with E-state index in [4.69, 9.17) is 0 Å². The molecular formula is C9H18N2OS. The van der Waals surface area contributed by atoms with Gasteiger partial charge in [0.1, 0.15) is 0 Å². The Kier molecular flexibility index (Phi) is 4.59. The van der Waals surface area contributed by atoms with E-state index in [1.165, 1.54) is 0 Å². The predicted molar refractivity (Wildman–Crippen MR) is 57.0 cm³/mol. The van der Waals surface area contributed by atoms with Crippen LogP contribution >= 0.6 is 11.8 Å². The van der Waals surface area contributed by atoms with Gasteiger partial charge in [-0.2, -0.15) is 11.8 Å². The lowest BCUT2D eigenvalue weighted by Gasteiger charge is -2.12. The molecule has 2 N–H and O–H groups in total. The van der Waals surface area contributed by atoms with Crippen LogP contribution in [0.5, 0.6) is 0 Å². The molecule has 0 aromatic rings. The van der Waals surface area contributed by atoms with Crippen molar-refractivity contribution in [1.82, 2.24) is 10.6 Å². The van der Waals surface area contributed by atoms with E-state index in [-0.39, 0.29) is 11.9 Å². The third-order valence-electron chi connectivity index (χ3n) is 2.07. The average molecular weight is 202 g/mol. The summed E-state index contributed by atoms with van der Waals surface area (Å²) in [6.45, 7) is 2.82. The number of carbonyl (C=O) groups excluding carboxylic acids is 1. The molecule has 76 valence electrons. The molecule has 0 aliphatic heterocycles. The van der Waals surface area contributed by atoms with Crippen molar-refractivity contribution in [2.24, 2.45) is 0 Å². The summed E-state index contributed by atoms with van der Waals surface area (Å²) in [6, 6.07) is 0.421. The van der Waals surface area contributed by atoms with Gasteiger partial charge in [-0.1, -0.05) is 0 Å². The van der Waals surface area contributed by atoms with Crippen molar-refractivity contribution in [2.45, 2.75) is 31.8 Å². The Labute approximate surface area is 84.0 Å². The second-order valence-corrected chi connectivity index (χ2v) is 4.44. The Morgan fingerprint density at radius 1 is 1.62 bits per heavy atom. The highest BCUT2D eigenvalue weighted by atomic mass is 32.2. The van der Waals surface area contributed by atoms with Crippen molar-refractivity contribution in [3.8, 4) is 0 Å². The van der Waals surface area contributed by atoms with Crippen molar-refractivity contribution >= 4 is 17.7 Å². The van der Waals surface area contributed by atoms with Crippen LogP contribution in [0.15, 0.2) is 0 Å². The second-order valence-electron chi connectivity index (χ2n) is 3.45. The SMILES string of the molecule is CSCCNC(C)C(=O)NC1CC1. The number of amides is 1. The van der Waals surface area contributed by atoms with E-state index < -0.39 is 0 Å². The third kappa shape index (κ3) is 4.52. The number of carbonyl (C=O) groups is 1. The van der Waals surface area contributed by atoms with Gasteiger partial charge >= 0.3 is 0 Å². The van der Waals surface area contributed by atoms with Crippen LogP contribution in [0.1, 0.15) is 19.8 Å².